The van der Waals surface area contributed by atoms with Crippen LogP contribution in [0.5, 0.6) is 5.75 Å². The molecule has 1 N–H and O–H groups in total. The Morgan fingerprint density at radius 3 is 2.40 bits per heavy atom. The number of benzene rings is 4. The van der Waals surface area contributed by atoms with Crippen molar-refractivity contribution in [2.75, 3.05) is 4.90 Å². The van der Waals surface area contributed by atoms with Gasteiger partial charge in [-0.1, -0.05) is 89.8 Å². The molecule has 0 aliphatic carbocycles. The molecule has 1 fully saturated rings. The number of aryl methyl sites for hydroxylation is 1. The van der Waals surface area contributed by atoms with Crippen LogP contribution in [0, 0.1) is 6.92 Å². The van der Waals surface area contributed by atoms with E-state index >= 15 is 0 Å². The molecule has 6 aromatic rings. The molecule has 1 unspecified atom stereocenters. The van der Waals surface area contributed by atoms with Gasteiger partial charge in [-0.05, 0) is 76.3 Å². The van der Waals surface area contributed by atoms with Crippen molar-refractivity contribution in [3.63, 3.8) is 0 Å². The lowest BCUT2D eigenvalue weighted by molar-refractivity contribution is -0.132. The number of hydrogen-bond acceptors (Lipinski definition) is 9. The zero-order valence-corrected chi connectivity index (χ0v) is 26.9. The van der Waals surface area contributed by atoms with E-state index in [0.717, 1.165) is 22.1 Å². The summed E-state index contributed by atoms with van der Waals surface area (Å²) in [4.78, 5) is 32.6. The molecule has 47 heavy (non-hydrogen) atoms. The van der Waals surface area contributed by atoms with Gasteiger partial charge in [0.2, 0.25) is 5.13 Å². The Kier molecular flexibility index (Phi) is 8.52. The number of rotatable bonds is 9. The van der Waals surface area contributed by atoms with E-state index in [1.54, 1.807) is 48.8 Å². The summed E-state index contributed by atoms with van der Waals surface area (Å²) in [6.45, 7) is 2.43. The normalized spacial score (nSPS) is 15.8. The molecule has 8 nitrogen and oxygen atoms in total. The molecule has 0 spiro atoms. The van der Waals surface area contributed by atoms with Gasteiger partial charge >= 0.3 is 5.91 Å². The summed E-state index contributed by atoms with van der Waals surface area (Å²) < 4.78 is 6.62. The van der Waals surface area contributed by atoms with Crippen LogP contribution in [0.2, 0.25) is 0 Å². The summed E-state index contributed by atoms with van der Waals surface area (Å²) >= 11 is 2.75. The van der Waals surface area contributed by atoms with E-state index in [0.29, 0.717) is 33.6 Å². The largest absolute Gasteiger partial charge is 0.507 e. The van der Waals surface area contributed by atoms with Gasteiger partial charge in [-0.3, -0.25) is 19.5 Å². The van der Waals surface area contributed by atoms with Crippen molar-refractivity contribution in [2.45, 2.75) is 29.7 Å². The molecule has 0 bridgehead atoms. The number of carbonyl (C=O) groups excluding carboxylic acids is 2. The molecule has 3 heterocycles. The summed E-state index contributed by atoms with van der Waals surface area (Å²) in [5.74, 6) is -0.600. The summed E-state index contributed by atoms with van der Waals surface area (Å²) in [7, 11) is 0. The second-order valence-electron chi connectivity index (χ2n) is 11.0. The lowest BCUT2D eigenvalue weighted by Gasteiger charge is -2.22. The van der Waals surface area contributed by atoms with Crippen LogP contribution in [0.25, 0.3) is 16.5 Å². The van der Waals surface area contributed by atoms with Crippen molar-refractivity contribution in [3.05, 3.63) is 149 Å². The third-order valence-electron chi connectivity index (χ3n) is 8.08. The van der Waals surface area contributed by atoms with Gasteiger partial charge in [-0.25, -0.2) is 0 Å². The zero-order valence-electron chi connectivity index (χ0n) is 25.2. The number of anilines is 1. The number of hydrogen-bond donors (Lipinski definition) is 1. The van der Waals surface area contributed by atoms with Crippen LogP contribution in [0.3, 0.4) is 0 Å². The van der Waals surface area contributed by atoms with Crippen LogP contribution in [0.1, 0.15) is 33.9 Å². The Bertz CT molecular complexity index is 2120. The molecule has 1 atom stereocenters. The molecule has 1 amide bonds. The number of ketones is 1. The van der Waals surface area contributed by atoms with Gasteiger partial charge in [-0.2, -0.15) is 0 Å². The highest BCUT2D eigenvalue weighted by Gasteiger charge is 2.48. The Hall–Kier alpha value is -5.32. The van der Waals surface area contributed by atoms with Gasteiger partial charge in [0.25, 0.3) is 5.78 Å². The highest BCUT2D eigenvalue weighted by molar-refractivity contribution is 8.00. The van der Waals surface area contributed by atoms with Crippen LogP contribution in [0.15, 0.2) is 125 Å². The van der Waals surface area contributed by atoms with Crippen LogP contribution in [-0.2, 0) is 21.9 Å². The van der Waals surface area contributed by atoms with E-state index in [4.69, 9.17) is 4.74 Å². The number of aliphatic hydroxyl groups excluding tert-OH is 1. The highest BCUT2D eigenvalue weighted by Crippen LogP contribution is 2.44. The van der Waals surface area contributed by atoms with Crippen molar-refractivity contribution >= 4 is 56.5 Å². The molecule has 7 rings (SSSR count). The Morgan fingerprint density at radius 1 is 0.872 bits per heavy atom. The maximum atomic E-state index is 13.6. The van der Waals surface area contributed by atoms with Gasteiger partial charge in [0.15, 0.2) is 4.34 Å². The molecule has 4 aromatic carbocycles. The molecule has 1 aliphatic heterocycles. The summed E-state index contributed by atoms with van der Waals surface area (Å²) in [6, 6.07) is 31.7. The fraction of sp³-hybridized carbons (Fsp3) is 0.108. The monoisotopic (exact) mass is 656 g/mol. The number of amides is 1. The van der Waals surface area contributed by atoms with Crippen molar-refractivity contribution in [2.24, 2.45) is 0 Å². The first-order chi connectivity index (χ1) is 23.0. The van der Waals surface area contributed by atoms with Gasteiger partial charge in [0, 0.05) is 23.7 Å². The molecule has 232 valence electrons. The van der Waals surface area contributed by atoms with Gasteiger partial charge in [0.05, 0.1) is 11.6 Å². The van der Waals surface area contributed by atoms with Crippen LogP contribution >= 0.6 is 23.1 Å². The SMILES string of the molecule is Cc1ccccc1COc1ccc(C(O)=C2C(=O)C(=O)N(c3nnc(SCc4cccc5ccccc45)s3)C2c2ccncc2)cc1. The molecule has 0 radical (unpaired) electrons. The second kappa shape index (κ2) is 13.2. The van der Waals surface area contributed by atoms with E-state index in [1.165, 1.54) is 33.4 Å². The van der Waals surface area contributed by atoms with Crippen LogP contribution in [-0.4, -0.2) is 32.0 Å². The maximum absolute atomic E-state index is 13.6. The number of Topliss-reactive ketones (excluding diaryl/α,β-unsaturated/α-hetero) is 1. The minimum Gasteiger partial charge on any atom is -0.507 e. The fourth-order valence-electron chi connectivity index (χ4n) is 5.60. The molecule has 0 saturated carbocycles. The van der Waals surface area contributed by atoms with E-state index in [-0.39, 0.29) is 16.5 Å². The van der Waals surface area contributed by atoms with E-state index in [9.17, 15) is 14.7 Å². The summed E-state index contributed by atoms with van der Waals surface area (Å²) in [5, 5.41) is 22.8. The van der Waals surface area contributed by atoms with E-state index < -0.39 is 17.7 Å². The zero-order chi connectivity index (χ0) is 32.3. The Labute approximate surface area is 279 Å². The number of fused-ring (bicyclic) bond motifs is 1. The number of ether oxygens (including phenoxy) is 1. The number of nitrogens with zero attached hydrogens (tertiary/aromatic N) is 4. The van der Waals surface area contributed by atoms with Gasteiger partial charge < -0.3 is 9.84 Å². The maximum Gasteiger partial charge on any atom is 0.301 e. The minimum atomic E-state index is -0.918. The van der Waals surface area contributed by atoms with Gasteiger partial charge in [-0.15, -0.1) is 10.2 Å². The predicted octanol–water partition coefficient (Wildman–Crippen LogP) is 7.89. The molecule has 1 aliphatic rings. The average molecular weight is 657 g/mol. The molecule has 2 aromatic heterocycles. The van der Waals surface area contributed by atoms with Crippen LogP contribution in [0.4, 0.5) is 5.13 Å². The number of thioether (sulfide) groups is 1. The topological polar surface area (TPSA) is 106 Å². The first kappa shape index (κ1) is 30.3. The Balaban J connectivity index is 1.16. The smallest absolute Gasteiger partial charge is 0.301 e. The lowest BCUT2D eigenvalue weighted by Crippen LogP contribution is -2.29. The first-order valence-electron chi connectivity index (χ1n) is 14.9. The molecular formula is C37H28N4O4S2. The highest BCUT2D eigenvalue weighted by atomic mass is 32.2. The number of pyridine rings is 1. The average Bonchev–Trinajstić information content (AvgIpc) is 3.68. The lowest BCUT2D eigenvalue weighted by atomic mass is 9.96. The third kappa shape index (κ3) is 6.13. The van der Waals surface area contributed by atoms with Crippen LogP contribution < -0.4 is 9.64 Å². The molecule has 1 saturated heterocycles. The second-order valence-corrected chi connectivity index (χ2v) is 13.1. The first-order valence-corrected chi connectivity index (χ1v) is 16.7. The fourth-order valence-corrected chi connectivity index (χ4v) is 7.48. The molecular weight excluding hydrogens is 629 g/mol. The van der Waals surface area contributed by atoms with Crippen molar-refractivity contribution in [3.8, 4) is 5.75 Å². The third-order valence-corrected chi connectivity index (χ3v) is 10.2. The van der Waals surface area contributed by atoms with E-state index in [1.807, 2.05) is 49.4 Å². The standard InChI is InChI=1S/C37H28N4O4S2/c1-23-7-2-3-9-27(23)21-45-29-15-13-26(14-16-29)33(42)31-32(25-17-19-38-20-18-25)41(35(44)34(31)43)36-39-40-37(47-36)46-22-28-11-6-10-24-8-4-5-12-30(24)28/h2-20,32,42H,21-22H2,1H3. The van der Waals surface area contributed by atoms with Crippen molar-refractivity contribution in [1.29, 1.82) is 0 Å². The summed E-state index contributed by atoms with van der Waals surface area (Å²) in [6.07, 6.45) is 3.17. The number of carbonyl (C=O) groups is 2. The van der Waals surface area contributed by atoms with Crippen molar-refractivity contribution in [1.82, 2.24) is 15.2 Å². The summed E-state index contributed by atoms with van der Waals surface area (Å²) in [5.41, 5.74) is 4.33. The van der Waals surface area contributed by atoms with Crippen molar-refractivity contribution < 1.29 is 19.4 Å². The minimum absolute atomic E-state index is 0.0325. The Morgan fingerprint density at radius 2 is 1.60 bits per heavy atom. The quantitative estimate of drug-likeness (QED) is 0.0551. The predicted molar refractivity (Wildman–Crippen MR) is 184 cm³/mol. The van der Waals surface area contributed by atoms with E-state index in [2.05, 4.69) is 39.4 Å². The van der Waals surface area contributed by atoms with Gasteiger partial charge in [0.1, 0.15) is 18.1 Å². The number of aromatic nitrogens is 3. The number of aliphatic hydroxyl groups is 1. The molecule has 10 heteroatoms.